The Bertz CT molecular complexity index is 403. The van der Waals surface area contributed by atoms with Crippen molar-refractivity contribution in [3.8, 4) is 0 Å². The first-order chi connectivity index (χ1) is 8.06. The smallest absolute Gasteiger partial charge is 0.326 e. The molecule has 1 atom stereocenters. The van der Waals surface area contributed by atoms with Gasteiger partial charge in [-0.1, -0.05) is 0 Å². The predicted molar refractivity (Wildman–Crippen MR) is 70.9 cm³/mol. The van der Waals surface area contributed by atoms with Crippen molar-refractivity contribution in [2.45, 2.75) is 19.4 Å². The predicted octanol–water partition coefficient (Wildman–Crippen LogP) is 1.99. The number of carbonyl (C=O) groups is 2. The number of carboxylic acids is 1. The number of thiophene rings is 1. The summed E-state index contributed by atoms with van der Waals surface area (Å²) in [6.45, 7) is 1.84. The Morgan fingerprint density at radius 1 is 1.59 bits per heavy atom. The number of thioether (sulfide) groups is 1. The van der Waals surface area contributed by atoms with Crippen molar-refractivity contribution in [3.63, 3.8) is 0 Å². The van der Waals surface area contributed by atoms with Crippen molar-refractivity contribution in [1.29, 1.82) is 0 Å². The molecule has 0 saturated carbocycles. The topological polar surface area (TPSA) is 66.4 Å². The summed E-state index contributed by atoms with van der Waals surface area (Å²) in [6.07, 6.45) is 2.34. The van der Waals surface area contributed by atoms with E-state index >= 15 is 0 Å². The van der Waals surface area contributed by atoms with Crippen molar-refractivity contribution >= 4 is 35.0 Å². The van der Waals surface area contributed by atoms with Gasteiger partial charge in [0.1, 0.15) is 6.04 Å². The van der Waals surface area contributed by atoms with Crippen LogP contribution in [0.4, 0.5) is 0 Å². The third-order valence-electron chi connectivity index (χ3n) is 2.28. The monoisotopic (exact) mass is 273 g/mol. The van der Waals surface area contributed by atoms with E-state index in [1.54, 1.807) is 11.8 Å². The molecule has 0 radical (unpaired) electrons. The zero-order valence-corrected chi connectivity index (χ0v) is 11.4. The van der Waals surface area contributed by atoms with Crippen LogP contribution in [0.3, 0.4) is 0 Å². The number of nitrogens with one attached hydrogen (secondary N) is 1. The Kier molecular flexibility index (Phi) is 5.50. The van der Waals surface area contributed by atoms with Crippen LogP contribution in [0.2, 0.25) is 0 Å². The van der Waals surface area contributed by atoms with Crippen molar-refractivity contribution in [2.24, 2.45) is 0 Å². The van der Waals surface area contributed by atoms with E-state index < -0.39 is 12.0 Å². The highest BCUT2D eigenvalue weighted by molar-refractivity contribution is 7.98. The number of hydrogen-bond donors (Lipinski definition) is 2. The molecule has 6 heteroatoms. The van der Waals surface area contributed by atoms with Gasteiger partial charge < -0.3 is 10.4 Å². The first-order valence-electron chi connectivity index (χ1n) is 5.13. The first-order valence-corrected chi connectivity index (χ1v) is 7.40. The molecule has 0 bridgehead atoms. The summed E-state index contributed by atoms with van der Waals surface area (Å²) in [5, 5.41) is 13.4. The second-order valence-corrected chi connectivity index (χ2v) is 5.48. The summed E-state index contributed by atoms with van der Waals surface area (Å²) in [4.78, 5) is 23.4. The van der Waals surface area contributed by atoms with E-state index in [2.05, 4.69) is 5.32 Å². The van der Waals surface area contributed by atoms with Crippen molar-refractivity contribution in [3.05, 3.63) is 21.9 Å². The van der Waals surface area contributed by atoms with Gasteiger partial charge in [0.2, 0.25) is 0 Å². The van der Waals surface area contributed by atoms with Gasteiger partial charge in [-0.3, -0.25) is 4.79 Å². The van der Waals surface area contributed by atoms with Gasteiger partial charge in [0.15, 0.2) is 0 Å². The van der Waals surface area contributed by atoms with Gasteiger partial charge in [0.25, 0.3) is 5.91 Å². The van der Waals surface area contributed by atoms with Crippen LogP contribution in [0, 0.1) is 6.92 Å². The molecular formula is C11H15NO3S2. The van der Waals surface area contributed by atoms with Gasteiger partial charge in [-0.2, -0.15) is 11.8 Å². The van der Waals surface area contributed by atoms with Crippen molar-refractivity contribution in [1.82, 2.24) is 5.32 Å². The summed E-state index contributed by atoms with van der Waals surface area (Å²) in [7, 11) is 0. The van der Waals surface area contributed by atoms with Gasteiger partial charge in [-0.05, 0) is 42.4 Å². The average molecular weight is 273 g/mol. The largest absolute Gasteiger partial charge is 0.480 e. The lowest BCUT2D eigenvalue weighted by molar-refractivity contribution is -0.139. The standard InChI is InChI=1S/C11H15NO3S2/c1-7-3-6-17-9(7)10(13)12-8(11(14)15)4-5-16-2/h3,6,8H,4-5H2,1-2H3,(H,12,13)(H,14,15)/t8-/m1/s1. The molecule has 0 aromatic carbocycles. The first kappa shape index (κ1) is 14.1. The lowest BCUT2D eigenvalue weighted by atomic mass is 10.2. The normalized spacial score (nSPS) is 12.1. The Morgan fingerprint density at radius 3 is 2.76 bits per heavy atom. The molecule has 1 amide bonds. The number of amides is 1. The number of rotatable bonds is 6. The number of aliphatic carboxylic acids is 1. The molecule has 1 heterocycles. The zero-order valence-electron chi connectivity index (χ0n) is 9.73. The van der Waals surface area contributed by atoms with Crippen LogP contribution in [-0.2, 0) is 4.79 Å². The minimum absolute atomic E-state index is 0.300. The second-order valence-electron chi connectivity index (χ2n) is 3.58. The molecule has 0 fully saturated rings. The fourth-order valence-corrected chi connectivity index (χ4v) is 2.62. The van der Waals surface area contributed by atoms with E-state index in [0.29, 0.717) is 17.1 Å². The van der Waals surface area contributed by atoms with E-state index in [1.165, 1.54) is 11.3 Å². The summed E-state index contributed by atoms with van der Waals surface area (Å²) in [5.41, 5.74) is 0.876. The molecule has 0 saturated heterocycles. The summed E-state index contributed by atoms with van der Waals surface area (Å²) in [5.74, 6) is -0.576. The lowest BCUT2D eigenvalue weighted by Gasteiger charge is -2.13. The van der Waals surface area contributed by atoms with Gasteiger partial charge >= 0.3 is 5.97 Å². The minimum atomic E-state index is -0.985. The third-order valence-corrected chi connectivity index (χ3v) is 3.94. The molecule has 0 unspecified atom stereocenters. The van der Waals surface area contributed by atoms with Gasteiger partial charge in [0.05, 0.1) is 4.88 Å². The molecule has 0 aliphatic rings. The van der Waals surface area contributed by atoms with Crippen molar-refractivity contribution < 1.29 is 14.7 Å². The van der Waals surface area contributed by atoms with Gasteiger partial charge in [-0.25, -0.2) is 4.79 Å². The Hall–Kier alpha value is -1.01. The Morgan fingerprint density at radius 2 is 2.29 bits per heavy atom. The second kappa shape index (κ2) is 6.66. The molecule has 2 N–H and O–H groups in total. The molecule has 1 rings (SSSR count). The van der Waals surface area contributed by atoms with E-state index in [4.69, 9.17) is 5.11 Å². The Balaban J connectivity index is 2.64. The van der Waals surface area contributed by atoms with Crippen LogP contribution in [0.25, 0.3) is 0 Å². The number of carboxylic acid groups (broad SMARTS) is 1. The summed E-state index contributed by atoms with van der Waals surface area (Å²) < 4.78 is 0. The molecule has 17 heavy (non-hydrogen) atoms. The lowest BCUT2D eigenvalue weighted by Crippen LogP contribution is -2.41. The molecule has 94 valence electrons. The highest BCUT2D eigenvalue weighted by Gasteiger charge is 2.21. The van der Waals surface area contributed by atoms with E-state index in [0.717, 1.165) is 5.56 Å². The number of hydrogen-bond acceptors (Lipinski definition) is 4. The van der Waals surface area contributed by atoms with Crippen LogP contribution in [-0.4, -0.2) is 35.0 Å². The molecule has 0 spiro atoms. The highest BCUT2D eigenvalue weighted by atomic mass is 32.2. The zero-order chi connectivity index (χ0) is 12.8. The van der Waals surface area contributed by atoms with Crippen molar-refractivity contribution in [2.75, 3.05) is 12.0 Å². The van der Waals surface area contributed by atoms with Crippen LogP contribution in [0.5, 0.6) is 0 Å². The molecular weight excluding hydrogens is 258 g/mol. The molecule has 1 aromatic heterocycles. The van der Waals surface area contributed by atoms with E-state index in [1.807, 2.05) is 24.6 Å². The van der Waals surface area contributed by atoms with E-state index in [-0.39, 0.29) is 5.91 Å². The van der Waals surface area contributed by atoms with Gasteiger partial charge in [-0.15, -0.1) is 11.3 Å². The Labute approximate surface area is 108 Å². The van der Waals surface area contributed by atoms with Crippen LogP contribution >= 0.6 is 23.1 Å². The quantitative estimate of drug-likeness (QED) is 0.832. The maximum atomic E-state index is 11.8. The fourth-order valence-electron chi connectivity index (χ4n) is 1.32. The van der Waals surface area contributed by atoms with Crippen LogP contribution < -0.4 is 5.32 Å². The minimum Gasteiger partial charge on any atom is -0.480 e. The molecule has 0 aliphatic carbocycles. The SMILES string of the molecule is CSCC[C@@H](NC(=O)c1sccc1C)C(=O)O. The van der Waals surface area contributed by atoms with Crippen LogP contribution in [0.1, 0.15) is 21.7 Å². The maximum Gasteiger partial charge on any atom is 0.326 e. The number of carbonyl (C=O) groups excluding carboxylic acids is 1. The van der Waals surface area contributed by atoms with E-state index in [9.17, 15) is 9.59 Å². The average Bonchev–Trinajstić information content (AvgIpc) is 2.70. The summed E-state index contributed by atoms with van der Waals surface area (Å²) in [6, 6.07) is 1.04. The third kappa shape index (κ3) is 4.05. The number of aryl methyl sites for hydroxylation is 1. The highest BCUT2D eigenvalue weighted by Crippen LogP contribution is 2.15. The van der Waals surface area contributed by atoms with Gasteiger partial charge in [0, 0.05) is 0 Å². The molecule has 4 nitrogen and oxygen atoms in total. The van der Waals surface area contributed by atoms with Crippen LogP contribution in [0.15, 0.2) is 11.4 Å². The summed E-state index contributed by atoms with van der Waals surface area (Å²) >= 11 is 2.89. The fraction of sp³-hybridized carbons (Fsp3) is 0.455. The molecule has 1 aromatic rings. The molecule has 0 aliphatic heterocycles. The maximum absolute atomic E-state index is 11.8.